The highest BCUT2D eigenvalue weighted by Crippen LogP contribution is 2.19. The lowest BCUT2D eigenvalue weighted by Gasteiger charge is -2.15. The fourth-order valence-electron chi connectivity index (χ4n) is 2.13. The maximum absolute atomic E-state index is 5.38. The van der Waals surface area contributed by atoms with Gasteiger partial charge in [0.1, 0.15) is 5.75 Å². The van der Waals surface area contributed by atoms with Crippen LogP contribution in [0.4, 0.5) is 0 Å². The summed E-state index contributed by atoms with van der Waals surface area (Å²) in [7, 11) is 1.67. The van der Waals surface area contributed by atoms with E-state index in [0.29, 0.717) is 12.5 Å². The molecule has 2 aromatic rings. The molecule has 114 valence electrons. The van der Waals surface area contributed by atoms with Gasteiger partial charge in [-0.1, -0.05) is 32.0 Å². The molecule has 1 atom stereocenters. The molecule has 0 saturated carbocycles. The summed E-state index contributed by atoms with van der Waals surface area (Å²) in [5.41, 5.74) is 1.06. The summed E-state index contributed by atoms with van der Waals surface area (Å²) in [5.74, 6) is 2.27. The van der Waals surface area contributed by atoms with Crippen molar-refractivity contribution in [2.45, 2.75) is 33.4 Å². The van der Waals surface area contributed by atoms with Crippen LogP contribution in [0.3, 0.4) is 0 Å². The van der Waals surface area contributed by atoms with Gasteiger partial charge in [0.05, 0.1) is 19.7 Å². The number of nitrogens with one attached hydrogen (secondary N) is 1. The molecule has 1 N–H and O–H groups in total. The summed E-state index contributed by atoms with van der Waals surface area (Å²) in [5, 5.41) is 15.5. The Morgan fingerprint density at radius 3 is 2.71 bits per heavy atom. The molecule has 1 aromatic heterocycles. The summed E-state index contributed by atoms with van der Waals surface area (Å²) in [6, 6.07) is 8.02. The Labute approximate surface area is 125 Å². The number of tetrazole rings is 1. The van der Waals surface area contributed by atoms with Crippen LogP contribution in [0.15, 0.2) is 24.3 Å². The number of para-hydroxylation sites is 1. The highest BCUT2D eigenvalue weighted by Gasteiger charge is 2.15. The van der Waals surface area contributed by atoms with E-state index in [2.05, 4.69) is 41.6 Å². The predicted molar refractivity (Wildman–Crippen MR) is 81.2 cm³/mol. The van der Waals surface area contributed by atoms with Crippen molar-refractivity contribution in [3.63, 3.8) is 0 Å². The van der Waals surface area contributed by atoms with Crippen molar-refractivity contribution in [2.24, 2.45) is 5.92 Å². The van der Waals surface area contributed by atoms with Crippen LogP contribution in [0.1, 0.15) is 38.2 Å². The Morgan fingerprint density at radius 1 is 1.24 bits per heavy atom. The summed E-state index contributed by atoms with van der Waals surface area (Å²) in [6.07, 6.45) is 0. The third-order valence-electron chi connectivity index (χ3n) is 3.29. The molecule has 0 spiro atoms. The maximum Gasteiger partial charge on any atom is 0.168 e. The van der Waals surface area contributed by atoms with E-state index >= 15 is 0 Å². The Balaban J connectivity index is 2.13. The van der Waals surface area contributed by atoms with E-state index in [0.717, 1.165) is 23.7 Å². The molecule has 0 bridgehead atoms. The molecule has 1 unspecified atom stereocenters. The molecule has 6 nitrogen and oxygen atoms in total. The summed E-state index contributed by atoms with van der Waals surface area (Å²) in [6.45, 7) is 7.96. The van der Waals surface area contributed by atoms with Gasteiger partial charge in [0.25, 0.3) is 0 Å². The van der Waals surface area contributed by atoms with Crippen molar-refractivity contribution in [2.75, 3.05) is 13.7 Å². The fourth-order valence-corrected chi connectivity index (χ4v) is 2.13. The topological polar surface area (TPSA) is 64.9 Å². The van der Waals surface area contributed by atoms with Crippen LogP contribution >= 0.6 is 0 Å². The minimum atomic E-state index is 0.108. The second kappa shape index (κ2) is 7.17. The lowest BCUT2D eigenvalue weighted by atomic mass is 10.2. The zero-order valence-corrected chi connectivity index (χ0v) is 13.1. The molecular weight excluding hydrogens is 266 g/mol. The molecule has 0 fully saturated rings. The first kappa shape index (κ1) is 15.4. The van der Waals surface area contributed by atoms with Crippen LogP contribution in [0.25, 0.3) is 0 Å². The van der Waals surface area contributed by atoms with Crippen LogP contribution in [-0.4, -0.2) is 33.9 Å². The van der Waals surface area contributed by atoms with Crippen LogP contribution in [0.2, 0.25) is 0 Å². The van der Waals surface area contributed by atoms with Gasteiger partial charge in [-0.15, -0.1) is 5.10 Å². The molecule has 1 aromatic carbocycles. The number of aromatic nitrogens is 4. The first-order valence-electron chi connectivity index (χ1n) is 7.23. The quantitative estimate of drug-likeness (QED) is 0.845. The minimum absolute atomic E-state index is 0.108. The van der Waals surface area contributed by atoms with E-state index in [1.807, 2.05) is 28.9 Å². The van der Waals surface area contributed by atoms with Gasteiger partial charge in [0.15, 0.2) is 5.82 Å². The highest BCUT2D eigenvalue weighted by molar-refractivity contribution is 5.33. The second-order valence-electron chi connectivity index (χ2n) is 5.53. The molecule has 2 rings (SSSR count). The SMILES string of the molecule is COc1ccccc1Cn1nnnc1C(C)NCC(C)C. The Bertz CT molecular complexity index is 567. The van der Waals surface area contributed by atoms with Crippen molar-refractivity contribution in [1.82, 2.24) is 25.5 Å². The molecule has 0 radical (unpaired) electrons. The largest absolute Gasteiger partial charge is 0.496 e. The predicted octanol–water partition coefficient (Wildman–Crippen LogP) is 2.04. The van der Waals surface area contributed by atoms with Crippen LogP contribution in [0.5, 0.6) is 5.75 Å². The Kier molecular flexibility index (Phi) is 5.27. The Morgan fingerprint density at radius 2 is 2.00 bits per heavy atom. The second-order valence-corrected chi connectivity index (χ2v) is 5.53. The van der Waals surface area contributed by atoms with Crippen molar-refractivity contribution >= 4 is 0 Å². The van der Waals surface area contributed by atoms with Crippen molar-refractivity contribution in [3.8, 4) is 5.75 Å². The molecule has 0 aliphatic heterocycles. The van der Waals surface area contributed by atoms with E-state index < -0.39 is 0 Å². The molecule has 0 aliphatic rings. The van der Waals surface area contributed by atoms with Gasteiger partial charge in [-0.05, 0) is 35.9 Å². The van der Waals surface area contributed by atoms with E-state index in [1.54, 1.807) is 7.11 Å². The monoisotopic (exact) mass is 289 g/mol. The molecule has 0 amide bonds. The van der Waals surface area contributed by atoms with Gasteiger partial charge in [-0.3, -0.25) is 0 Å². The molecule has 0 aliphatic carbocycles. The average molecular weight is 289 g/mol. The van der Waals surface area contributed by atoms with E-state index in [4.69, 9.17) is 4.74 Å². The van der Waals surface area contributed by atoms with E-state index in [1.165, 1.54) is 0 Å². The third kappa shape index (κ3) is 4.01. The maximum atomic E-state index is 5.38. The van der Waals surface area contributed by atoms with Gasteiger partial charge in [0.2, 0.25) is 0 Å². The van der Waals surface area contributed by atoms with Crippen molar-refractivity contribution < 1.29 is 4.74 Å². The number of benzene rings is 1. The first-order chi connectivity index (χ1) is 10.1. The number of methoxy groups -OCH3 is 1. The molecule has 0 saturated heterocycles. The molecule has 6 heteroatoms. The normalized spacial score (nSPS) is 12.6. The van der Waals surface area contributed by atoms with Crippen molar-refractivity contribution in [3.05, 3.63) is 35.7 Å². The van der Waals surface area contributed by atoms with Crippen molar-refractivity contribution in [1.29, 1.82) is 0 Å². The molecular formula is C15H23N5O. The Hall–Kier alpha value is -1.95. The fraction of sp³-hybridized carbons (Fsp3) is 0.533. The number of hydrogen-bond acceptors (Lipinski definition) is 5. The van der Waals surface area contributed by atoms with Crippen LogP contribution in [-0.2, 0) is 6.54 Å². The number of nitrogens with zero attached hydrogens (tertiary/aromatic N) is 4. The van der Waals surface area contributed by atoms with Gasteiger partial charge in [-0.25, -0.2) is 4.68 Å². The lowest BCUT2D eigenvalue weighted by Crippen LogP contribution is -2.26. The van der Waals surface area contributed by atoms with E-state index in [-0.39, 0.29) is 6.04 Å². The van der Waals surface area contributed by atoms with Crippen LogP contribution in [0, 0.1) is 5.92 Å². The highest BCUT2D eigenvalue weighted by atomic mass is 16.5. The summed E-state index contributed by atoms with van der Waals surface area (Å²) >= 11 is 0. The van der Waals surface area contributed by atoms with Gasteiger partial charge in [-0.2, -0.15) is 0 Å². The molecule has 1 heterocycles. The number of ether oxygens (including phenoxy) is 1. The van der Waals surface area contributed by atoms with Gasteiger partial charge >= 0.3 is 0 Å². The number of hydrogen-bond donors (Lipinski definition) is 1. The molecule has 21 heavy (non-hydrogen) atoms. The average Bonchev–Trinajstić information content (AvgIpc) is 2.93. The van der Waals surface area contributed by atoms with Gasteiger partial charge < -0.3 is 10.1 Å². The van der Waals surface area contributed by atoms with Gasteiger partial charge in [0, 0.05) is 5.56 Å². The zero-order chi connectivity index (χ0) is 15.2. The first-order valence-corrected chi connectivity index (χ1v) is 7.23. The number of rotatable bonds is 7. The summed E-state index contributed by atoms with van der Waals surface area (Å²) < 4.78 is 7.19. The zero-order valence-electron chi connectivity index (χ0n) is 13.1. The van der Waals surface area contributed by atoms with Crippen LogP contribution < -0.4 is 10.1 Å². The van der Waals surface area contributed by atoms with E-state index in [9.17, 15) is 0 Å². The standard InChI is InChI=1S/C15H23N5O/c1-11(2)9-16-12(3)15-17-18-19-20(15)10-13-7-5-6-8-14(13)21-4/h5-8,11-12,16H,9-10H2,1-4H3. The smallest absolute Gasteiger partial charge is 0.168 e. The minimum Gasteiger partial charge on any atom is -0.496 e. The third-order valence-corrected chi connectivity index (χ3v) is 3.29. The lowest BCUT2D eigenvalue weighted by molar-refractivity contribution is 0.405. The summed E-state index contributed by atoms with van der Waals surface area (Å²) in [4.78, 5) is 0.